The maximum absolute atomic E-state index is 13.2. The Morgan fingerprint density at radius 1 is 1.62 bits per heavy atom. The molecule has 0 radical (unpaired) electrons. The van der Waals surface area contributed by atoms with Gasteiger partial charge in [0.1, 0.15) is 16.6 Å². The number of phenols is 1. The van der Waals surface area contributed by atoms with E-state index in [2.05, 4.69) is 10.3 Å². The first-order chi connectivity index (χ1) is 6.16. The molecule has 1 aromatic rings. The second kappa shape index (κ2) is 4.41. The van der Waals surface area contributed by atoms with Crippen LogP contribution in [-0.2, 0) is 11.4 Å². The first-order valence-corrected chi connectivity index (χ1v) is 3.96. The molecular formula is C8H9ClFNO2. The van der Waals surface area contributed by atoms with E-state index >= 15 is 0 Å². The van der Waals surface area contributed by atoms with E-state index in [1.165, 1.54) is 19.2 Å². The number of hydroxylamine groups is 1. The lowest BCUT2D eigenvalue weighted by atomic mass is 10.2. The number of phenolic OH excluding ortho intramolecular Hbond substituents is 1. The molecule has 0 aromatic heterocycles. The van der Waals surface area contributed by atoms with Crippen LogP contribution in [0.1, 0.15) is 5.56 Å². The summed E-state index contributed by atoms with van der Waals surface area (Å²) < 4.78 is 13.2. The zero-order valence-electron chi connectivity index (χ0n) is 6.97. The van der Waals surface area contributed by atoms with Crippen molar-refractivity contribution in [2.75, 3.05) is 7.11 Å². The molecule has 0 aliphatic heterocycles. The first-order valence-electron chi connectivity index (χ1n) is 3.58. The van der Waals surface area contributed by atoms with E-state index in [1.807, 2.05) is 0 Å². The molecule has 1 rings (SSSR count). The summed E-state index contributed by atoms with van der Waals surface area (Å²) in [5, 5.41) is 8.76. The van der Waals surface area contributed by atoms with E-state index in [1.54, 1.807) is 0 Å². The Labute approximate surface area is 80.0 Å². The van der Waals surface area contributed by atoms with Gasteiger partial charge in [0.15, 0.2) is 0 Å². The third kappa shape index (κ3) is 2.30. The quantitative estimate of drug-likeness (QED) is 0.740. The van der Waals surface area contributed by atoms with E-state index in [-0.39, 0.29) is 17.3 Å². The number of hydrogen-bond donors (Lipinski definition) is 2. The standard InChI is InChI=1S/C8H9ClFNO2/c1-13-11-4-5-2-3-6(12)7(9)8(5)10/h2-3,11-12H,4H2,1H3. The number of halogens is 2. The summed E-state index contributed by atoms with van der Waals surface area (Å²) in [6, 6.07) is 2.76. The number of aromatic hydroxyl groups is 1. The van der Waals surface area contributed by atoms with Gasteiger partial charge in [0, 0.05) is 12.1 Å². The third-order valence-corrected chi connectivity index (χ3v) is 1.91. The van der Waals surface area contributed by atoms with Gasteiger partial charge in [0.25, 0.3) is 0 Å². The minimum Gasteiger partial charge on any atom is -0.506 e. The lowest BCUT2D eigenvalue weighted by Crippen LogP contribution is -2.12. The van der Waals surface area contributed by atoms with Crippen LogP contribution in [0.25, 0.3) is 0 Å². The van der Waals surface area contributed by atoms with Crippen LogP contribution in [0.2, 0.25) is 5.02 Å². The normalized spacial score (nSPS) is 10.4. The van der Waals surface area contributed by atoms with Crippen LogP contribution < -0.4 is 5.48 Å². The van der Waals surface area contributed by atoms with Gasteiger partial charge in [-0.25, -0.2) is 4.39 Å². The van der Waals surface area contributed by atoms with Crippen molar-refractivity contribution in [3.05, 3.63) is 28.5 Å². The molecule has 2 N–H and O–H groups in total. The third-order valence-electron chi connectivity index (χ3n) is 1.55. The summed E-state index contributed by atoms with van der Waals surface area (Å²) >= 11 is 5.47. The molecule has 0 aliphatic rings. The number of nitrogens with one attached hydrogen (secondary N) is 1. The smallest absolute Gasteiger partial charge is 0.150 e. The molecule has 0 bridgehead atoms. The summed E-state index contributed by atoms with van der Waals surface area (Å²) in [7, 11) is 1.43. The summed E-state index contributed by atoms with van der Waals surface area (Å²) in [5.74, 6) is -0.897. The Morgan fingerprint density at radius 2 is 2.31 bits per heavy atom. The van der Waals surface area contributed by atoms with Crippen LogP contribution in [0.3, 0.4) is 0 Å². The number of benzene rings is 1. The van der Waals surface area contributed by atoms with Gasteiger partial charge in [-0.2, -0.15) is 5.48 Å². The molecule has 0 atom stereocenters. The second-order valence-corrected chi connectivity index (χ2v) is 2.77. The van der Waals surface area contributed by atoms with E-state index in [0.717, 1.165) is 0 Å². The van der Waals surface area contributed by atoms with Crippen molar-refractivity contribution in [2.45, 2.75) is 6.54 Å². The van der Waals surface area contributed by atoms with Crippen LogP contribution in [0.4, 0.5) is 4.39 Å². The zero-order chi connectivity index (χ0) is 9.84. The molecule has 0 aliphatic carbocycles. The molecule has 0 saturated heterocycles. The Morgan fingerprint density at radius 3 is 2.92 bits per heavy atom. The van der Waals surface area contributed by atoms with Crippen molar-refractivity contribution in [2.24, 2.45) is 0 Å². The molecule has 5 heteroatoms. The molecule has 72 valence electrons. The van der Waals surface area contributed by atoms with Crippen LogP contribution in [0.5, 0.6) is 5.75 Å². The molecule has 3 nitrogen and oxygen atoms in total. The Balaban J connectivity index is 2.90. The number of hydrogen-bond acceptors (Lipinski definition) is 3. The summed E-state index contributed by atoms with van der Waals surface area (Å²) in [5.41, 5.74) is 2.81. The van der Waals surface area contributed by atoms with Gasteiger partial charge in [-0.05, 0) is 6.07 Å². The fourth-order valence-corrected chi connectivity index (χ4v) is 1.05. The lowest BCUT2D eigenvalue weighted by Gasteiger charge is -2.05. The molecule has 0 amide bonds. The largest absolute Gasteiger partial charge is 0.506 e. The molecule has 0 saturated carbocycles. The maximum atomic E-state index is 13.2. The van der Waals surface area contributed by atoms with Gasteiger partial charge in [-0.1, -0.05) is 17.7 Å². The van der Waals surface area contributed by atoms with Crippen LogP contribution in [0, 0.1) is 5.82 Å². The van der Waals surface area contributed by atoms with Gasteiger partial charge >= 0.3 is 0 Å². The van der Waals surface area contributed by atoms with Crippen LogP contribution in [-0.4, -0.2) is 12.2 Å². The molecule has 0 unspecified atom stereocenters. The number of rotatable bonds is 3. The van der Waals surface area contributed by atoms with Crippen molar-refractivity contribution < 1.29 is 14.3 Å². The van der Waals surface area contributed by atoms with Gasteiger partial charge < -0.3 is 9.94 Å². The van der Waals surface area contributed by atoms with E-state index in [0.29, 0.717) is 5.56 Å². The zero-order valence-corrected chi connectivity index (χ0v) is 7.73. The molecule has 0 spiro atoms. The fraction of sp³-hybridized carbons (Fsp3) is 0.250. The summed E-state index contributed by atoms with van der Waals surface area (Å²) in [6.07, 6.45) is 0. The Kier molecular flexibility index (Phi) is 3.48. The van der Waals surface area contributed by atoms with E-state index in [9.17, 15) is 4.39 Å². The van der Waals surface area contributed by atoms with Gasteiger partial charge in [-0.3, -0.25) is 0 Å². The summed E-state index contributed by atoms with van der Waals surface area (Å²) in [6.45, 7) is 0.197. The SMILES string of the molecule is CONCc1ccc(O)c(Cl)c1F. The second-order valence-electron chi connectivity index (χ2n) is 2.40. The highest BCUT2D eigenvalue weighted by Gasteiger charge is 2.10. The minimum atomic E-state index is -0.633. The van der Waals surface area contributed by atoms with E-state index < -0.39 is 5.82 Å². The lowest BCUT2D eigenvalue weighted by molar-refractivity contribution is 0.0859. The molecule has 13 heavy (non-hydrogen) atoms. The maximum Gasteiger partial charge on any atom is 0.150 e. The average molecular weight is 206 g/mol. The summed E-state index contributed by atoms with van der Waals surface area (Å²) in [4.78, 5) is 4.55. The average Bonchev–Trinajstić information content (AvgIpc) is 2.13. The van der Waals surface area contributed by atoms with Gasteiger partial charge in [0.05, 0.1) is 7.11 Å². The Hall–Kier alpha value is -0.840. The molecule has 1 aromatic carbocycles. The molecular weight excluding hydrogens is 197 g/mol. The van der Waals surface area contributed by atoms with Gasteiger partial charge in [0.2, 0.25) is 0 Å². The monoisotopic (exact) mass is 205 g/mol. The highest BCUT2D eigenvalue weighted by atomic mass is 35.5. The topological polar surface area (TPSA) is 41.5 Å². The minimum absolute atomic E-state index is 0.197. The fourth-order valence-electron chi connectivity index (χ4n) is 0.866. The Bertz CT molecular complexity index is 306. The highest BCUT2D eigenvalue weighted by Crippen LogP contribution is 2.27. The first kappa shape index (κ1) is 10.2. The molecule has 0 heterocycles. The van der Waals surface area contributed by atoms with Crippen molar-refractivity contribution in [3.8, 4) is 5.75 Å². The predicted octanol–water partition coefficient (Wildman–Crippen LogP) is 1.84. The van der Waals surface area contributed by atoms with Crippen molar-refractivity contribution in [3.63, 3.8) is 0 Å². The van der Waals surface area contributed by atoms with Crippen LogP contribution in [0.15, 0.2) is 12.1 Å². The highest BCUT2D eigenvalue weighted by molar-refractivity contribution is 6.32. The van der Waals surface area contributed by atoms with Crippen molar-refractivity contribution in [1.29, 1.82) is 0 Å². The molecule has 0 fully saturated rings. The van der Waals surface area contributed by atoms with Crippen molar-refractivity contribution in [1.82, 2.24) is 5.48 Å². The van der Waals surface area contributed by atoms with E-state index in [4.69, 9.17) is 16.7 Å². The predicted molar refractivity (Wildman–Crippen MR) is 46.9 cm³/mol. The van der Waals surface area contributed by atoms with Crippen LogP contribution >= 0.6 is 11.6 Å². The van der Waals surface area contributed by atoms with Gasteiger partial charge in [-0.15, -0.1) is 0 Å². The van der Waals surface area contributed by atoms with Crippen molar-refractivity contribution >= 4 is 11.6 Å².